The Labute approximate surface area is 140 Å². The minimum Gasteiger partial charge on any atom is -0.469 e. The Morgan fingerprint density at radius 3 is 2.39 bits per heavy atom. The van der Waals surface area contributed by atoms with Crippen LogP contribution in [-0.4, -0.2) is 31.1 Å². The molecule has 0 aliphatic carbocycles. The molecule has 0 bridgehead atoms. The molecule has 1 saturated heterocycles. The van der Waals surface area contributed by atoms with Crippen LogP contribution in [0.15, 0.2) is 12.2 Å². The minimum absolute atomic E-state index is 0.138. The first-order valence-corrected chi connectivity index (χ1v) is 9.10. The molecular formula is C19H32O4. The summed E-state index contributed by atoms with van der Waals surface area (Å²) in [5, 5.41) is 0. The van der Waals surface area contributed by atoms with Crippen molar-refractivity contribution in [1.82, 2.24) is 0 Å². The highest BCUT2D eigenvalue weighted by molar-refractivity contribution is 5.89. The lowest BCUT2D eigenvalue weighted by Crippen LogP contribution is -1.99. The van der Waals surface area contributed by atoms with Gasteiger partial charge in [-0.1, -0.05) is 45.4 Å². The van der Waals surface area contributed by atoms with E-state index >= 15 is 0 Å². The van der Waals surface area contributed by atoms with Gasteiger partial charge in [0.15, 0.2) is 5.78 Å². The normalized spacial score (nSPS) is 19.9. The van der Waals surface area contributed by atoms with Gasteiger partial charge >= 0.3 is 5.97 Å². The Morgan fingerprint density at radius 2 is 1.70 bits per heavy atom. The van der Waals surface area contributed by atoms with Crippen LogP contribution in [0, 0.1) is 0 Å². The molecule has 0 amide bonds. The smallest absolute Gasteiger partial charge is 0.305 e. The van der Waals surface area contributed by atoms with E-state index < -0.39 is 0 Å². The summed E-state index contributed by atoms with van der Waals surface area (Å²) in [7, 11) is 1.42. The second-order valence-corrected chi connectivity index (χ2v) is 6.30. The Hall–Kier alpha value is -1.16. The van der Waals surface area contributed by atoms with E-state index in [0.717, 1.165) is 38.5 Å². The Bertz CT molecular complexity index is 376. The van der Waals surface area contributed by atoms with Crippen LogP contribution < -0.4 is 0 Å². The average molecular weight is 324 g/mol. The first kappa shape index (κ1) is 19.9. The van der Waals surface area contributed by atoms with E-state index in [1.165, 1.54) is 26.4 Å². The van der Waals surface area contributed by atoms with Crippen LogP contribution in [0.1, 0.15) is 77.6 Å². The lowest BCUT2D eigenvalue weighted by Gasteiger charge is -2.00. The molecule has 1 aliphatic rings. The molecule has 1 rings (SSSR count). The number of hydrogen-bond acceptors (Lipinski definition) is 4. The average Bonchev–Trinajstić information content (AvgIpc) is 3.30. The van der Waals surface area contributed by atoms with Gasteiger partial charge in [-0.25, -0.2) is 0 Å². The Balaban J connectivity index is 1.93. The van der Waals surface area contributed by atoms with Gasteiger partial charge in [-0.2, -0.15) is 0 Å². The highest BCUT2D eigenvalue weighted by atomic mass is 16.6. The SMILES string of the molecule is CCCCC[C@@H]1O[C@@H]1/C=C/C(=O)CCCCCCCC(=O)OC. The van der Waals surface area contributed by atoms with Crippen LogP contribution in [0.4, 0.5) is 0 Å². The molecule has 0 aromatic rings. The number of hydrogen-bond donors (Lipinski definition) is 0. The molecule has 0 saturated carbocycles. The highest BCUT2D eigenvalue weighted by Crippen LogP contribution is 2.28. The topological polar surface area (TPSA) is 55.9 Å². The quantitative estimate of drug-likeness (QED) is 0.206. The van der Waals surface area contributed by atoms with E-state index in [1.807, 2.05) is 6.08 Å². The molecule has 0 radical (unpaired) electrons. The van der Waals surface area contributed by atoms with E-state index in [4.69, 9.17) is 4.74 Å². The lowest BCUT2D eigenvalue weighted by atomic mass is 10.1. The molecule has 1 heterocycles. The van der Waals surface area contributed by atoms with Crippen LogP contribution in [-0.2, 0) is 19.1 Å². The third-order valence-electron chi connectivity index (χ3n) is 4.22. The van der Waals surface area contributed by atoms with E-state index in [-0.39, 0.29) is 17.9 Å². The fraction of sp³-hybridized carbons (Fsp3) is 0.789. The zero-order valence-corrected chi connectivity index (χ0v) is 14.7. The van der Waals surface area contributed by atoms with Gasteiger partial charge in [0.1, 0.15) is 6.10 Å². The number of unbranched alkanes of at least 4 members (excludes halogenated alkanes) is 6. The summed E-state index contributed by atoms with van der Waals surface area (Å²) < 4.78 is 10.1. The molecule has 23 heavy (non-hydrogen) atoms. The molecule has 1 fully saturated rings. The van der Waals surface area contributed by atoms with Crippen molar-refractivity contribution in [2.45, 2.75) is 89.8 Å². The maximum Gasteiger partial charge on any atom is 0.305 e. The van der Waals surface area contributed by atoms with E-state index in [9.17, 15) is 9.59 Å². The number of allylic oxidation sites excluding steroid dienone is 1. The van der Waals surface area contributed by atoms with Crippen molar-refractivity contribution in [3.63, 3.8) is 0 Å². The van der Waals surface area contributed by atoms with Crippen molar-refractivity contribution in [3.05, 3.63) is 12.2 Å². The van der Waals surface area contributed by atoms with Gasteiger partial charge in [-0.3, -0.25) is 9.59 Å². The fourth-order valence-electron chi connectivity index (χ4n) is 2.64. The summed E-state index contributed by atoms with van der Waals surface area (Å²) >= 11 is 0. The van der Waals surface area contributed by atoms with E-state index in [0.29, 0.717) is 18.9 Å². The van der Waals surface area contributed by atoms with Gasteiger partial charge in [0, 0.05) is 12.8 Å². The zero-order valence-electron chi connectivity index (χ0n) is 14.7. The number of rotatable bonds is 14. The summed E-state index contributed by atoms with van der Waals surface area (Å²) in [4.78, 5) is 22.7. The predicted octanol–water partition coefficient (Wildman–Crippen LogP) is 4.36. The summed E-state index contributed by atoms with van der Waals surface area (Å²) in [6, 6.07) is 0. The molecule has 0 aromatic heterocycles. The molecule has 0 spiro atoms. The van der Waals surface area contributed by atoms with Gasteiger partial charge in [0.05, 0.1) is 13.2 Å². The lowest BCUT2D eigenvalue weighted by molar-refractivity contribution is -0.140. The molecule has 0 unspecified atom stereocenters. The minimum atomic E-state index is -0.138. The Morgan fingerprint density at radius 1 is 1.00 bits per heavy atom. The predicted molar refractivity (Wildman–Crippen MR) is 91.3 cm³/mol. The van der Waals surface area contributed by atoms with Crippen molar-refractivity contribution in [1.29, 1.82) is 0 Å². The highest BCUT2D eigenvalue weighted by Gasteiger charge is 2.35. The van der Waals surface area contributed by atoms with Crippen LogP contribution in [0.2, 0.25) is 0 Å². The first-order valence-electron chi connectivity index (χ1n) is 9.10. The van der Waals surface area contributed by atoms with Crippen LogP contribution in [0.25, 0.3) is 0 Å². The number of esters is 1. The third kappa shape index (κ3) is 10.3. The number of epoxide rings is 1. The van der Waals surface area contributed by atoms with Crippen molar-refractivity contribution in [2.75, 3.05) is 7.11 Å². The van der Waals surface area contributed by atoms with Crippen molar-refractivity contribution < 1.29 is 19.1 Å². The van der Waals surface area contributed by atoms with Crippen LogP contribution in [0.5, 0.6) is 0 Å². The monoisotopic (exact) mass is 324 g/mol. The maximum atomic E-state index is 11.8. The van der Waals surface area contributed by atoms with Crippen molar-refractivity contribution in [2.24, 2.45) is 0 Å². The summed E-state index contributed by atoms with van der Waals surface area (Å²) in [6.45, 7) is 2.20. The second-order valence-electron chi connectivity index (χ2n) is 6.30. The maximum absolute atomic E-state index is 11.8. The van der Waals surface area contributed by atoms with Gasteiger partial charge in [-0.05, 0) is 31.4 Å². The molecule has 4 heteroatoms. The molecule has 0 aromatic carbocycles. The Kier molecular flexibility index (Phi) is 10.6. The van der Waals surface area contributed by atoms with E-state index in [1.54, 1.807) is 6.08 Å². The second kappa shape index (κ2) is 12.3. The first-order chi connectivity index (χ1) is 11.2. The van der Waals surface area contributed by atoms with Gasteiger partial charge in [0.25, 0.3) is 0 Å². The van der Waals surface area contributed by atoms with E-state index in [2.05, 4.69) is 11.7 Å². The zero-order chi connectivity index (χ0) is 16.9. The summed E-state index contributed by atoms with van der Waals surface area (Å²) in [5.74, 6) is 0.0583. The number of carbonyl (C=O) groups is 2. The summed E-state index contributed by atoms with van der Waals surface area (Å²) in [5.41, 5.74) is 0. The number of ketones is 1. The molecule has 2 atom stereocenters. The molecule has 132 valence electrons. The summed E-state index contributed by atoms with van der Waals surface area (Å²) in [6.07, 6.45) is 15.0. The molecular weight excluding hydrogens is 292 g/mol. The van der Waals surface area contributed by atoms with Crippen LogP contribution >= 0.6 is 0 Å². The third-order valence-corrected chi connectivity index (χ3v) is 4.22. The van der Waals surface area contributed by atoms with Crippen LogP contribution in [0.3, 0.4) is 0 Å². The van der Waals surface area contributed by atoms with Gasteiger partial charge in [-0.15, -0.1) is 0 Å². The standard InChI is InChI=1S/C19H32O4/c1-3-4-8-12-17-18(23-17)15-14-16(20)11-9-6-5-7-10-13-19(21)22-2/h14-15,17-18H,3-13H2,1-2H3/b15-14+/t17-,18+/m0/s1. The fourth-order valence-corrected chi connectivity index (χ4v) is 2.64. The molecule has 1 aliphatic heterocycles. The number of ether oxygens (including phenoxy) is 2. The van der Waals surface area contributed by atoms with Gasteiger partial charge in [0.2, 0.25) is 0 Å². The van der Waals surface area contributed by atoms with Crippen molar-refractivity contribution in [3.8, 4) is 0 Å². The van der Waals surface area contributed by atoms with Crippen molar-refractivity contribution >= 4 is 11.8 Å². The number of carbonyl (C=O) groups excluding carboxylic acids is 2. The molecule has 0 N–H and O–H groups in total. The van der Waals surface area contributed by atoms with Gasteiger partial charge < -0.3 is 9.47 Å². The largest absolute Gasteiger partial charge is 0.469 e. The molecule has 4 nitrogen and oxygen atoms in total. The number of methoxy groups -OCH3 is 1.